The molecule has 1 aliphatic carbocycles. The van der Waals surface area contributed by atoms with Crippen LogP contribution in [0, 0.1) is 0 Å². The maximum absolute atomic E-state index is 2.43. The predicted molar refractivity (Wildman–Crippen MR) is 242 cm³/mol. The highest BCUT2D eigenvalue weighted by atomic mass is 32.1. The molecule has 11 rings (SSSR count). The molecule has 0 fully saturated rings. The average molecular weight is 744 g/mol. The van der Waals surface area contributed by atoms with Crippen molar-refractivity contribution in [1.29, 1.82) is 0 Å². The van der Waals surface area contributed by atoms with Crippen molar-refractivity contribution in [3.63, 3.8) is 0 Å². The molecule has 0 unspecified atom stereocenters. The van der Waals surface area contributed by atoms with E-state index in [1.165, 1.54) is 75.8 Å². The Balaban J connectivity index is 1.16. The van der Waals surface area contributed by atoms with Crippen LogP contribution in [0.5, 0.6) is 0 Å². The molecule has 2 heteroatoms. The highest BCUT2D eigenvalue weighted by Gasteiger charge is 2.47. The maximum atomic E-state index is 2.43. The van der Waals surface area contributed by atoms with Crippen LogP contribution in [0.1, 0.15) is 22.3 Å². The monoisotopic (exact) mass is 743 g/mol. The van der Waals surface area contributed by atoms with Gasteiger partial charge in [0.2, 0.25) is 0 Å². The molecule has 0 aliphatic heterocycles. The summed E-state index contributed by atoms with van der Waals surface area (Å²) in [4.78, 5) is 2.42. The van der Waals surface area contributed by atoms with Crippen LogP contribution in [0.4, 0.5) is 17.1 Å². The second-order valence-corrected chi connectivity index (χ2v) is 15.9. The van der Waals surface area contributed by atoms with Crippen LogP contribution >= 0.6 is 11.3 Å². The number of rotatable bonds is 7. The molecule has 1 nitrogen and oxygen atoms in total. The number of thiophene rings is 1. The Bertz CT molecular complexity index is 3010. The normalized spacial score (nSPS) is 12.7. The van der Waals surface area contributed by atoms with E-state index in [-0.39, 0.29) is 0 Å². The quantitative estimate of drug-likeness (QED) is 0.157. The summed E-state index contributed by atoms with van der Waals surface area (Å²) in [5.41, 5.74) is 15.5. The van der Waals surface area contributed by atoms with Gasteiger partial charge in [0.1, 0.15) is 0 Å². The Morgan fingerprint density at radius 1 is 0.333 bits per heavy atom. The zero-order valence-electron chi connectivity index (χ0n) is 31.2. The first kappa shape index (κ1) is 33.3. The van der Waals surface area contributed by atoms with Crippen LogP contribution < -0.4 is 4.90 Å². The largest absolute Gasteiger partial charge is 0.310 e. The molecular weight excluding hydrogens is 707 g/mol. The lowest BCUT2D eigenvalue weighted by atomic mass is 9.66. The van der Waals surface area contributed by atoms with E-state index >= 15 is 0 Å². The second kappa shape index (κ2) is 13.6. The summed E-state index contributed by atoms with van der Waals surface area (Å²) in [6.45, 7) is 0. The van der Waals surface area contributed by atoms with Crippen molar-refractivity contribution >= 4 is 48.6 Å². The third kappa shape index (κ3) is 5.37. The molecule has 1 heterocycles. The summed E-state index contributed by atoms with van der Waals surface area (Å²) in [5.74, 6) is 0. The van der Waals surface area contributed by atoms with Crippen LogP contribution in [-0.4, -0.2) is 0 Å². The Hall–Kier alpha value is -7.00. The lowest BCUT2D eigenvalue weighted by molar-refractivity contribution is 0.777. The van der Waals surface area contributed by atoms with Crippen molar-refractivity contribution in [3.8, 4) is 33.4 Å². The van der Waals surface area contributed by atoms with E-state index < -0.39 is 5.41 Å². The Labute approximate surface area is 337 Å². The summed E-state index contributed by atoms with van der Waals surface area (Å²) in [6, 6.07) is 82.4. The van der Waals surface area contributed by atoms with Crippen LogP contribution in [-0.2, 0) is 5.41 Å². The van der Waals surface area contributed by atoms with Gasteiger partial charge in [0, 0.05) is 37.2 Å². The van der Waals surface area contributed by atoms with E-state index in [2.05, 4.69) is 229 Å². The van der Waals surface area contributed by atoms with E-state index in [1.807, 2.05) is 11.3 Å². The summed E-state index contributed by atoms with van der Waals surface area (Å²) in [7, 11) is 0. The number of fused-ring (bicyclic) bond motifs is 6. The first-order chi connectivity index (χ1) is 28.3. The van der Waals surface area contributed by atoms with Gasteiger partial charge in [-0.15, -0.1) is 11.3 Å². The third-order valence-electron chi connectivity index (χ3n) is 11.7. The molecular formula is C55H37NS. The predicted octanol–water partition coefficient (Wildman–Crippen LogP) is 15.2. The zero-order valence-corrected chi connectivity index (χ0v) is 32.0. The fraction of sp³-hybridized carbons (Fsp3) is 0.0182. The molecule has 0 radical (unpaired) electrons. The minimum absolute atomic E-state index is 0.491. The van der Waals surface area contributed by atoms with Gasteiger partial charge >= 0.3 is 0 Å². The second-order valence-electron chi connectivity index (χ2n) is 14.8. The molecule has 0 N–H and O–H groups in total. The van der Waals surface area contributed by atoms with Gasteiger partial charge in [-0.1, -0.05) is 176 Å². The Morgan fingerprint density at radius 3 is 1.53 bits per heavy atom. The van der Waals surface area contributed by atoms with Crippen LogP contribution in [0.25, 0.3) is 53.6 Å². The van der Waals surface area contributed by atoms with Gasteiger partial charge in [0.25, 0.3) is 0 Å². The molecule has 0 bridgehead atoms. The summed E-state index contributed by atoms with van der Waals surface area (Å²) in [5, 5.41) is 2.58. The summed E-state index contributed by atoms with van der Waals surface area (Å²) in [6.07, 6.45) is 0. The van der Waals surface area contributed by atoms with Gasteiger partial charge in [-0.2, -0.15) is 0 Å². The molecule has 1 aliphatic rings. The van der Waals surface area contributed by atoms with E-state index in [0.717, 1.165) is 17.1 Å². The highest BCUT2D eigenvalue weighted by molar-refractivity contribution is 7.25. The third-order valence-corrected chi connectivity index (χ3v) is 12.9. The van der Waals surface area contributed by atoms with Crippen LogP contribution in [0.3, 0.4) is 0 Å². The van der Waals surface area contributed by atoms with E-state index in [9.17, 15) is 0 Å². The van der Waals surface area contributed by atoms with Gasteiger partial charge in [0.05, 0.1) is 5.41 Å². The average Bonchev–Trinajstić information content (AvgIpc) is 3.82. The minimum Gasteiger partial charge on any atom is -0.310 e. The number of anilines is 3. The Morgan fingerprint density at radius 2 is 0.842 bits per heavy atom. The summed E-state index contributed by atoms with van der Waals surface area (Å²) < 4.78 is 2.57. The lowest BCUT2D eigenvalue weighted by Crippen LogP contribution is -2.28. The molecule has 9 aromatic carbocycles. The molecule has 10 aromatic rings. The lowest BCUT2D eigenvalue weighted by Gasteiger charge is -2.34. The molecule has 0 spiro atoms. The molecule has 1 aromatic heterocycles. The topological polar surface area (TPSA) is 3.24 Å². The fourth-order valence-corrected chi connectivity index (χ4v) is 10.4. The van der Waals surface area contributed by atoms with Crippen LogP contribution in [0.2, 0.25) is 0 Å². The van der Waals surface area contributed by atoms with Gasteiger partial charge in [-0.3, -0.25) is 0 Å². The van der Waals surface area contributed by atoms with Gasteiger partial charge in [-0.05, 0) is 104 Å². The van der Waals surface area contributed by atoms with E-state index in [4.69, 9.17) is 0 Å². The van der Waals surface area contributed by atoms with Crippen molar-refractivity contribution < 1.29 is 0 Å². The van der Waals surface area contributed by atoms with Crippen LogP contribution in [0.15, 0.2) is 224 Å². The smallest absolute Gasteiger partial charge is 0.0720 e. The number of hydrogen-bond donors (Lipinski definition) is 0. The first-order valence-electron chi connectivity index (χ1n) is 19.6. The Kier molecular flexibility index (Phi) is 7.98. The molecule has 0 amide bonds. The molecule has 0 saturated heterocycles. The number of hydrogen-bond acceptors (Lipinski definition) is 2. The standard InChI is InChI=1S/C55H37NS/c1-4-16-38(17-5-1)40-30-32-43(33-31-40)56(44-23-14-20-41(36-44)39-18-6-2-7-19-39)45-34-35-52-48(37-45)54-51(28-15-29-53(54)57-52)55(42-21-8-3-9-22-42)49-26-12-10-24-46(49)47-25-11-13-27-50(47)55/h1-37H. The van der Waals surface area contributed by atoms with Gasteiger partial charge in [0.15, 0.2) is 0 Å². The van der Waals surface area contributed by atoms with Gasteiger partial charge in [-0.25, -0.2) is 0 Å². The fourth-order valence-electron chi connectivity index (χ4n) is 9.28. The van der Waals surface area contributed by atoms with Crippen molar-refractivity contribution in [2.75, 3.05) is 4.90 Å². The maximum Gasteiger partial charge on any atom is 0.0720 e. The molecule has 57 heavy (non-hydrogen) atoms. The van der Waals surface area contributed by atoms with E-state index in [1.54, 1.807) is 0 Å². The van der Waals surface area contributed by atoms with E-state index in [0.29, 0.717) is 0 Å². The number of benzene rings is 9. The van der Waals surface area contributed by atoms with Crippen molar-refractivity contribution in [1.82, 2.24) is 0 Å². The molecule has 0 atom stereocenters. The SMILES string of the molecule is c1ccc(-c2ccc(N(c3cccc(-c4ccccc4)c3)c3ccc4sc5cccc(C6(c7ccccc7)c7ccccc7-c7ccccc76)c5c4c3)cc2)cc1. The zero-order chi connectivity index (χ0) is 37.8. The van der Waals surface area contributed by atoms with Crippen molar-refractivity contribution in [3.05, 3.63) is 247 Å². The van der Waals surface area contributed by atoms with Crippen molar-refractivity contribution in [2.45, 2.75) is 5.41 Å². The van der Waals surface area contributed by atoms with Crippen molar-refractivity contribution in [2.24, 2.45) is 0 Å². The molecule has 0 saturated carbocycles. The first-order valence-corrected chi connectivity index (χ1v) is 20.4. The summed E-state index contributed by atoms with van der Waals surface area (Å²) >= 11 is 1.88. The van der Waals surface area contributed by atoms with Gasteiger partial charge < -0.3 is 4.90 Å². The molecule has 268 valence electrons. The minimum atomic E-state index is -0.491. The highest BCUT2D eigenvalue weighted by Crippen LogP contribution is 2.58. The number of nitrogens with zero attached hydrogens (tertiary/aromatic N) is 1.